The molecule has 142 valence electrons. The van der Waals surface area contributed by atoms with E-state index in [1.54, 1.807) is 12.1 Å². The highest BCUT2D eigenvalue weighted by Gasteiger charge is 2.40. The van der Waals surface area contributed by atoms with E-state index in [2.05, 4.69) is 27.5 Å². The van der Waals surface area contributed by atoms with E-state index in [4.69, 9.17) is 6.42 Å². The number of aryl methyl sites for hydroxylation is 1. The summed E-state index contributed by atoms with van der Waals surface area (Å²) in [4.78, 5) is 5.00. The lowest BCUT2D eigenvalue weighted by atomic mass is 9.75. The lowest BCUT2D eigenvalue weighted by Crippen LogP contribution is -2.58. The van der Waals surface area contributed by atoms with Crippen molar-refractivity contribution in [1.29, 1.82) is 0 Å². The van der Waals surface area contributed by atoms with Crippen molar-refractivity contribution < 1.29 is 8.42 Å². The van der Waals surface area contributed by atoms with Crippen LogP contribution in [0, 0.1) is 31.1 Å². The molecule has 1 unspecified atom stereocenters. The number of fused-ring (bicyclic) bond motifs is 3. The third kappa shape index (κ3) is 4.47. The third-order valence-electron chi connectivity index (χ3n) is 5.76. The van der Waals surface area contributed by atoms with Gasteiger partial charge >= 0.3 is 0 Å². The van der Waals surface area contributed by atoms with E-state index < -0.39 is 10.0 Å². The first-order valence-corrected chi connectivity index (χ1v) is 10.8. The SMILES string of the molecule is C#CCN(C)C[C@H]1CN2CC[C@@H]1C[C@H]2CNS(=O)(=O)c1ccc(C)cc1. The molecule has 2 bridgehead atoms. The number of sulfonamides is 1. The van der Waals surface area contributed by atoms with Crippen molar-refractivity contribution in [3.8, 4) is 12.3 Å². The Morgan fingerprint density at radius 3 is 2.69 bits per heavy atom. The Morgan fingerprint density at radius 1 is 1.35 bits per heavy atom. The minimum atomic E-state index is -3.44. The highest BCUT2D eigenvalue weighted by molar-refractivity contribution is 7.89. The fraction of sp³-hybridized carbons (Fsp3) is 0.600. The molecule has 0 radical (unpaired) electrons. The summed E-state index contributed by atoms with van der Waals surface area (Å²) in [5.74, 6) is 3.99. The van der Waals surface area contributed by atoms with Gasteiger partial charge in [0.05, 0.1) is 11.4 Å². The zero-order chi connectivity index (χ0) is 18.7. The average Bonchev–Trinajstić information content (AvgIpc) is 2.61. The fourth-order valence-electron chi connectivity index (χ4n) is 4.30. The van der Waals surface area contributed by atoms with Crippen LogP contribution >= 0.6 is 0 Å². The van der Waals surface area contributed by atoms with Crippen molar-refractivity contribution in [2.75, 3.05) is 39.8 Å². The van der Waals surface area contributed by atoms with Gasteiger partial charge in [-0.1, -0.05) is 23.6 Å². The van der Waals surface area contributed by atoms with Crippen LogP contribution in [-0.4, -0.2) is 64.0 Å². The van der Waals surface area contributed by atoms with E-state index in [0.29, 0.717) is 35.9 Å². The van der Waals surface area contributed by atoms with Crippen molar-refractivity contribution in [3.05, 3.63) is 29.8 Å². The Kier molecular flexibility index (Phi) is 6.03. The molecule has 3 fully saturated rings. The van der Waals surface area contributed by atoms with Gasteiger partial charge in [0.15, 0.2) is 0 Å². The summed E-state index contributed by atoms with van der Waals surface area (Å²) in [5, 5.41) is 0. The summed E-state index contributed by atoms with van der Waals surface area (Å²) in [6, 6.07) is 7.30. The summed E-state index contributed by atoms with van der Waals surface area (Å²) in [7, 11) is -1.37. The largest absolute Gasteiger partial charge is 0.299 e. The highest BCUT2D eigenvalue weighted by Crippen LogP contribution is 2.36. The van der Waals surface area contributed by atoms with Gasteiger partial charge in [-0.15, -0.1) is 6.42 Å². The monoisotopic (exact) mass is 375 g/mol. The molecule has 26 heavy (non-hydrogen) atoms. The minimum Gasteiger partial charge on any atom is -0.299 e. The Labute approximate surface area is 157 Å². The number of piperidine rings is 3. The van der Waals surface area contributed by atoms with Crippen LogP contribution in [0.4, 0.5) is 0 Å². The molecule has 3 saturated heterocycles. The van der Waals surface area contributed by atoms with E-state index in [-0.39, 0.29) is 0 Å². The van der Waals surface area contributed by atoms with Crippen molar-refractivity contribution in [2.24, 2.45) is 11.8 Å². The normalized spacial score (nSPS) is 28.2. The van der Waals surface area contributed by atoms with Crippen LogP contribution in [-0.2, 0) is 10.0 Å². The summed E-state index contributed by atoms with van der Waals surface area (Å²) in [5.41, 5.74) is 1.06. The van der Waals surface area contributed by atoms with Crippen LogP contribution in [0.25, 0.3) is 0 Å². The topological polar surface area (TPSA) is 52.6 Å². The Balaban J connectivity index is 1.56. The molecule has 3 heterocycles. The second kappa shape index (κ2) is 8.10. The fourth-order valence-corrected chi connectivity index (χ4v) is 5.37. The van der Waals surface area contributed by atoms with Gasteiger partial charge in [0.2, 0.25) is 10.0 Å². The van der Waals surface area contributed by atoms with Crippen molar-refractivity contribution in [1.82, 2.24) is 14.5 Å². The maximum absolute atomic E-state index is 12.5. The quantitative estimate of drug-likeness (QED) is 0.735. The zero-order valence-corrected chi connectivity index (χ0v) is 16.5. The summed E-state index contributed by atoms with van der Waals surface area (Å²) in [6.07, 6.45) is 7.67. The highest BCUT2D eigenvalue weighted by atomic mass is 32.2. The van der Waals surface area contributed by atoms with Gasteiger partial charge in [-0.3, -0.25) is 9.80 Å². The third-order valence-corrected chi connectivity index (χ3v) is 7.20. The van der Waals surface area contributed by atoms with Crippen LogP contribution in [0.2, 0.25) is 0 Å². The lowest BCUT2D eigenvalue weighted by Gasteiger charge is -2.50. The number of terminal acetylenes is 1. The van der Waals surface area contributed by atoms with Gasteiger partial charge < -0.3 is 0 Å². The molecular formula is C20H29N3O2S. The Hall–Kier alpha value is -1.39. The number of hydrogen-bond acceptors (Lipinski definition) is 4. The van der Waals surface area contributed by atoms with Gasteiger partial charge in [0, 0.05) is 25.7 Å². The molecule has 0 aromatic heterocycles. The van der Waals surface area contributed by atoms with Gasteiger partial charge in [-0.05, 0) is 57.3 Å². The van der Waals surface area contributed by atoms with Crippen molar-refractivity contribution in [3.63, 3.8) is 0 Å². The molecule has 4 rings (SSSR count). The number of rotatable bonds is 7. The molecule has 3 aliphatic rings. The van der Waals surface area contributed by atoms with Crippen LogP contribution in [0.15, 0.2) is 29.2 Å². The number of hydrogen-bond donors (Lipinski definition) is 1. The molecule has 1 aromatic carbocycles. The molecule has 0 spiro atoms. The maximum Gasteiger partial charge on any atom is 0.240 e. The smallest absolute Gasteiger partial charge is 0.240 e. The molecule has 1 N–H and O–H groups in total. The molecular weight excluding hydrogens is 346 g/mol. The maximum atomic E-state index is 12.5. The molecule has 0 saturated carbocycles. The predicted octanol–water partition coefficient (Wildman–Crippen LogP) is 1.55. The minimum absolute atomic E-state index is 0.295. The van der Waals surface area contributed by atoms with Crippen molar-refractivity contribution in [2.45, 2.75) is 30.7 Å². The van der Waals surface area contributed by atoms with Crippen LogP contribution in [0.1, 0.15) is 18.4 Å². The zero-order valence-electron chi connectivity index (χ0n) is 15.7. The summed E-state index contributed by atoms with van der Waals surface area (Å²) < 4.78 is 27.9. The summed E-state index contributed by atoms with van der Waals surface area (Å²) >= 11 is 0. The van der Waals surface area contributed by atoms with Gasteiger partial charge in [0.1, 0.15) is 0 Å². The van der Waals surface area contributed by atoms with E-state index in [9.17, 15) is 8.42 Å². The molecule has 1 aromatic rings. The second-order valence-electron chi connectivity index (χ2n) is 7.76. The first-order chi connectivity index (χ1) is 12.4. The van der Waals surface area contributed by atoms with Crippen molar-refractivity contribution >= 4 is 10.0 Å². The first kappa shape index (κ1) is 19.4. The number of nitrogens with one attached hydrogen (secondary N) is 1. The molecule has 4 atom stereocenters. The Morgan fingerprint density at radius 2 is 2.08 bits per heavy atom. The molecule has 5 nitrogen and oxygen atoms in total. The van der Waals surface area contributed by atoms with Gasteiger partial charge in [-0.25, -0.2) is 13.1 Å². The molecule has 0 amide bonds. The van der Waals surface area contributed by atoms with Crippen LogP contribution < -0.4 is 4.72 Å². The van der Waals surface area contributed by atoms with Gasteiger partial charge in [0.25, 0.3) is 0 Å². The van der Waals surface area contributed by atoms with Crippen LogP contribution in [0.3, 0.4) is 0 Å². The van der Waals surface area contributed by atoms with E-state index in [1.807, 2.05) is 19.1 Å². The number of nitrogens with zero attached hydrogens (tertiary/aromatic N) is 2. The van der Waals surface area contributed by atoms with Crippen LogP contribution in [0.5, 0.6) is 0 Å². The number of benzene rings is 1. The van der Waals surface area contributed by atoms with E-state index in [0.717, 1.165) is 31.6 Å². The second-order valence-corrected chi connectivity index (χ2v) is 9.53. The average molecular weight is 376 g/mol. The standard InChI is InChI=1S/C20H29N3O2S/c1-4-10-22(3)14-18-15-23-11-9-17(18)12-19(23)13-21-26(24,25)20-7-5-16(2)6-8-20/h1,5-8,17-19,21H,9-15H2,2-3H3/t17-,18+,19+/m1/s1. The Bertz CT molecular complexity index is 754. The molecule has 3 aliphatic heterocycles. The predicted molar refractivity (Wildman–Crippen MR) is 104 cm³/mol. The molecule has 0 aliphatic carbocycles. The lowest BCUT2D eigenvalue weighted by molar-refractivity contribution is -0.00623. The van der Waals surface area contributed by atoms with Gasteiger partial charge in [-0.2, -0.15) is 0 Å². The molecule has 6 heteroatoms. The van der Waals surface area contributed by atoms with E-state index in [1.165, 1.54) is 6.42 Å². The van der Waals surface area contributed by atoms with E-state index >= 15 is 0 Å². The summed E-state index contributed by atoms with van der Waals surface area (Å²) in [6.45, 7) is 6.25. The first-order valence-electron chi connectivity index (χ1n) is 9.31.